The zero-order valence-electron chi connectivity index (χ0n) is 14.7. The van der Waals surface area contributed by atoms with Gasteiger partial charge in [0.05, 0.1) is 6.54 Å². The molecule has 1 aliphatic heterocycles. The van der Waals surface area contributed by atoms with Crippen LogP contribution in [-0.4, -0.2) is 37.8 Å². The molecule has 1 heterocycles. The number of amides is 1. The summed E-state index contributed by atoms with van der Waals surface area (Å²) in [6, 6.07) is 13.2. The molecule has 6 heteroatoms. The number of anilines is 1. The van der Waals surface area contributed by atoms with E-state index in [2.05, 4.69) is 11.9 Å². The molecule has 0 atom stereocenters. The summed E-state index contributed by atoms with van der Waals surface area (Å²) < 4.78 is 16.0. The van der Waals surface area contributed by atoms with Crippen LogP contribution >= 0.6 is 0 Å². The van der Waals surface area contributed by atoms with E-state index in [1.54, 1.807) is 24.3 Å². The van der Waals surface area contributed by atoms with Crippen molar-refractivity contribution < 1.29 is 19.0 Å². The number of rotatable bonds is 8. The SMILES string of the molecule is C=CCOc1ccc(CN(C)CC(=O)Nc2ccc3c(c2)OCO3)cc1. The Labute approximate surface area is 153 Å². The maximum Gasteiger partial charge on any atom is 0.238 e. The molecule has 6 nitrogen and oxygen atoms in total. The second-order valence-electron chi connectivity index (χ2n) is 6.03. The quantitative estimate of drug-likeness (QED) is 0.739. The highest BCUT2D eigenvalue weighted by molar-refractivity contribution is 5.92. The standard InChI is InChI=1S/C20H22N2O4/c1-3-10-24-17-7-4-15(5-8-17)12-22(2)13-20(23)21-16-6-9-18-19(11-16)26-14-25-18/h3-9,11H,1,10,12-14H2,2H3,(H,21,23). The van der Waals surface area contributed by atoms with Gasteiger partial charge in [-0.05, 0) is 36.9 Å². The number of hydrogen-bond acceptors (Lipinski definition) is 5. The number of ether oxygens (including phenoxy) is 3. The molecule has 26 heavy (non-hydrogen) atoms. The molecule has 1 N–H and O–H groups in total. The first-order chi connectivity index (χ1) is 12.6. The van der Waals surface area contributed by atoms with Gasteiger partial charge in [0.15, 0.2) is 11.5 Å². The van der Waals surface area contributed by atoms with Crippen LogP contribution in [0.1, 0.15) is 5.56 Å². The molecule has 0 saturated carbocycles. The van der Waals surface area contributed by atoms with Gasteiger partial charge in [-0.3, -0.25) is 9.69 Å². The van der Waals surface area contributed by atoms with Crippen molar-refractivity contribution in [1.29, 1.82) is 0 Å². The summed E-state index contributed by atoms with van der Waals surface area (Å²) in [5, 5.41) is 2.88. The third-order valence-corrected chi connectivity index (χ3v) is 3.81. The summed E-state index contributed by atoms with van der Waals surface area (Å²) in [5.74, 6) is 2.06. The third kappa shape index (κ3) is 4.77. The summed E-state index contributed by atoms with van der Waals surface area (Å²) in [6.45, 7) is 5.27. The van der Waals surface area contributed by atoms with Crippen molar-refractivity contribution >= 4 is 11.6 Å². The van der Waals surface area contributed by atoms with Crippen LogP contribution in [0.3, 0.4) is 0 Å². The van der Waals surface area contributed by atoms with Crippen molar-refractivity contribution in [3.05, 3.63) is 60.7 Å². The molecule has 2 aromatic rings. The van der Waals surface area contributed by atoms with Crippen molar-refractivity contribution in [3.8, 4) is 17.2 Å². The van der Waals surface area contributed by atoms with Crippen LogP contribution < -0.4 is 19.5 Å². The van der Waals surface area contributed by atoms with Gasteiger partial charge in [0.25, 0.3) is 0 Å². The van der Waals surface area contributed by atoms with Crippen LogP contribution in [0, 0.1) is 0 Å². The van der Waals surface area contributed by atoms with E-state index >= 15 is 0 Å². The fourth-order valence-corrected chi connectivity index (χ4v) is 2.63. The lowest BCUT2D eigenvalue weighted by Crippen LogP contribution is -2.29. The lowest BCUT2D eigenvalue weighted by Gasteiger charge is -2.16. The molecule has 0 unspecified atom stereocenters. The summed E-state index contributed by atoms with van der Waals surface area (Å²) >= 11 is 0. The fourth-order valence-electron chi connectivity index (χ4n) is 2.63. The van der Waals surface area contributed by atoms with Gasteiger partial charge < -0.3 is 19.5 Å². The van der Waals surface area contributed by atoms with Gasteiger partial charge in [-0.2, -0.15) is 0 Å². The maximum atomic E-state index is 12.2. The van der Waals surface area contributed by atoms with E-state index in [0.717, 1.165) is 11.3 Å². The molecule has 0 radical (unpaired) electrons. The molecule has 0 spiro atoms. The Morgan fingerprint density at radius 2 is 2.00 bits per heavy atom. The average molecular weight is 354 g/mol. The Morgan fingerprint density at radius 1 is 1.23 bits per heavy atom. The van der Waals surface area contributed by atoms with E-state index < -0.39 is 0 Å². The molecule has 0 fully saturated rings. The monoisotopic (exact) mass is 354 g/mol. The Balaban J connectivity index is 1.48. The molecule has 0 bridgehead atoms. The molecule has 0 saturated heterocycles. The van der Waals surface area contributed by atoms with E-state index in [0.29, 0.717) is 30.3 Å². The Bertz CT molecular complexity index is 774. The van der Waals surface area contributed by atoms with Gasteiger partial charge in [-0.15, -0.1) is 0 Å². The van der Waals surface area contributed by atoms with Gasteiger partial charge in [-0.25, -0.2) is 0 Å². The van der Waals surface area contributed by atoms with Crippen LogP contribution in [-0.2, 0) is 11.3 Å². The van der Waals surface area contributed by atoms with Crippen LogP contribution in [0.2, 0.25) is 0 Å². The summed E-state index contributed by atoms with van der Waals surface area (Å²) in [5.41, 5.74) is 1.80. The topological polar surface area (TPSA) is 60.0 Å². The summed E-state index contributed by atoms with van der Waals surface area (Å²) in [6.07, 6.45) is 1.71. The van der Waals surface area contributed by atoms with Crippen LogP contribution in [0.15, 0.2) is 55.1 Å². The van der Waals surface area contributed by atoms with Crippen LogP contribution in [0.25, 0.3) is 0 Å². The normalized spacial score (nSPS) is 12.1. The van der Waals surface area contributed by atoms with Crippen molar-refractivity contribution in [3.63, 3.8) is 0 Å². The molecule has 0 aromatic heterocycles. The van der Waals surface area contributed by atoms with Gasteiger partial charge in [0.2, 0.25) is 12.7 Å². The maximum absolute atomic E-state index is 12.2. The second-order valence-corrected chi connectivity index (χ2v) is 6.03. The minimum absolute atomic E-state index is 0.0858. The second kappa shape index (κ2) is 8.40. The number of likely N-dealkylation sites (N-methyl/N-ethyl adjacent to an activating group) is 1. The predicted molar refractivity (Wildman–Crippen MR) is 99.7 cm³/mol. The third-order valence-electron chi connectivity index (χ3n) is 3.81. The molecule has 136 valence electrons. The predicted octanol–water partition coefficient (Wildman–Crippen LogP) is 3.05. The number of benzene rings is 2. The fraction of sp³-hybridized carbons (Fsp3) is 0.250. The number of nitrogens with one attached hydrogen (secondary N) is 1. The molecule has 2 aromatic carbocycles. The lowest BCUT2D eigenvalue weighted by atomic mass is 10.2. The zero-order chi connectivity index (χ0) is 18.4. The van der Waals surface area contributed by atoms with E-state index in [1.807, 2.05) is 36.2 Å². The summed E-state index contributed by atoms with van der Waals surface area (Å²) in [4.78, 5) is 14.2. The Kier molecular flexibility index (Phi) is 5.76. The smallest absolute Gasteiger partial charge is 0.238 e. The molecule has 3 rings (SSSR count). The Hall–Kier alpha value is -2.99. The van der Waals surface area contributed by atoms with E-state index in [9.17, 15) is 4.79 Å². The van der Waals surface area contributed by atoms with Gasteiger partial charge >= 0.3 is 0 Å². The first-order valence-electron chi connectivity index (χ1n) is 8.35. The van der Waals surface area contributed by atoms with E-state index in [4.69, 9.17) is 14.2 Å². The molecule has 0 aliphatic carbocycles. The highest BCUT2D eigenvalue weighted by Crippen LogP contribution is 2.34. The molecule has 1 amide bonds. The number of nitrogens with zero attached hydrogens (tertiary/aromatic N) is 1. The lowest BCUT2D eigenvalue weighted by molar-refractivity contribution is -0.117. The van der Waals surface area contributed by atoms with Crippen molar-refractivity contribution in [2.24, 2.45) is 0 Å². The Morgan fingerprint density at radius 3 is 2.77 bits per heavy atom. The highest BCUT2D eigenvalue weighted by atomic mass is 16.7. The minimum atomic E-state index is -0.0858. The van der Waals surface area contributed by atoms with Crippen LogP contribution in [0.4, 0.5) is 5.69 Å². The molecular formula is C20H22N2O4. The van der Waals surface area contributed by atoms with Gasteiger partial charge in [-0.1, -0.05) is 24.8 Å². The van der Waals surface area contributed by atoms with Crippen molar-refractivity contribution in [2.75, 3.05) is 32.3 Å². The average Bonchev–Trinajstić information content (AvgIpc) is 3.08. The first-order valence-corrected chi connectivity index (χ1v) is 8.35. The zero-order valence-corrected chi connectivity index (χ0v) is 14.7. The van der Waals surface area contributed by atoms with Crippen molar-refractivity contribution in [2.45, 2.75) is 6.54 Å². The van der Waals surface area contributed by atoms with Crippen molar-refractivity contribution in [1.82, 2.24) is 4.90 Å². The van der Waals surface area contributed by atoms with Gasteiger partial charge in [0.1, 0.15) is 12.4 Å². The van der Waals surface area contributed by atoms with E-state index in [1.165, 1.54) is 0 Å². The largest absolute Gasteiger partial charge is 0.490 e. The minimum Gasteiger partial charge on any atom is -0.490 e. The number of fused-ring (bicyclic) bond motifs is 1. The summed E-state index contributed by atoms with van der Waals surface area (Å²) in [7, 11) is 1.90. The highest BCUT2D eigenvalue weighted by Gasteiger charge is 2.14. The number of hydrogen-bond donors (Lipinski definition) is 1. The molecular weight excluding hydrogens is 332 g/mol. The van der Waals surface area contributed by atoms with Gasteiger partial charge in [0, 0.05) is 18.3 Å². The number of carbonyl (C=O) groups excluding carboxylic acids is 1. The number of carbonyl (C=O) groups is 1. The van der Waals surface area contributed by atoms with E-state index in [-0.39, 0.29) is 19.2 Å². The molecule has 1 aliphatic rings. The first kappa shape index (κ1) is 17.8. The van der Waals surface area contributed by atoms with Crippen LogP contribution in [0.5, 0.6) is 17.2 Å².